The topological polar surface area (TPSA) is 58.2 Å². The van der Waals surface area contributed by atoms with E-state index in [9.17, 15) is 9.59 Å². The predicted octanol–water partition coefficient (Wildman–Crippen LogP) is 2.32. The Bertz CT molecular complexity index is 463. The Morgan fingerprint density at radius 3 is 2.53 bits per heavy atom. The molecule has 2 atom stereocenters. The highest BCUT2D eigenvalue weighted by atomic mass is 127. The first kappa shape index (κ1) is 15.9. The SMILES string of the molecule is CC[C@H](C)NC(=O)[C@H](C)NC(=O)c1cccc(I)c1. The van der Waals surface area contributed by atoms with Gasteiger partial charge >= 0.3 is 0 Å². The van der Waals surface area contributed by atoms with Gasteiger partial charge in [0.2, 0.25) is 5.91 Å². The van der Waals surface area contributed by atoms with Crippen molar-refractivity contribution in [1.82, 2.24) is 10.6 Å². The van der Waals surface area contributed by atoms with E-state index in [2.05, 4.69) is 33.2 Å². The van der Waals surface area contributed by atoms with Gasteiger partial charge in [-0.25, -0.2) is 0 Å². The summed E-state index contributed by atoms with van der Waals surface area (Å²) in [6, 6.07) is 6.83. The Balaban J connectivity index is 2.59. The first-order chi connectivity index (χ1) is 8.93. The molecule has 19 heavy (non-hydrogen) atoms. The lowest BCUT2D eigenvalue weighted by molar-refractivity contribution is -0.123. The second kappa shape index (κ2) is 7.47. The minimum Gasteiger partial charge on any atom is -0.352 e. The van der Waals surface area contributed by atoms with Crippen LogP contribution in [0.15, 0.2) is 24.3 Å². The number of benzene rings is 1. The fraction of sp³-hybridized carbons (Fsp3) is 0.429. The van der Waals surface area contributed by atoms with Crippen LogP contribution < -0.4 is 10.6 Å². The molecule has 0 fully saturated rings. The van der Waals surface area contributed by atoms with E-state index in [1.165, 1.54) is 0 Å². The largest absolute Gasteiger partial charge is 0.352 e. The molecule has 0 heterocycles. The van der Waals surface area contributed by atoms with Gasteiger partial charge in [0, 0.05) is 15.2 Å². The van der Waals surface area contributed by atoms with Gasteiger partial charge < -0.3 is 10.6 Å². The summed E-state index contributed by atoms with van der Waals surface area (Å²) < 4.78 is 0.988. The molecule has 1 rings (SSSR count). The number of rotatable bonds is 5. The summed E-state index contributed by atoms with van der Waals surface area (Å²) in [5, 5.41) is 5.54. The maximum absolute atomic E-state index is 12.0. The molecule has 0 unspecified atom stereocenters. The van der Waals surface area contributed by atoms with Gasteiger partial charge in [-0.05, 0) is 61.1 Å². The summed E-state index contributed by atoms with van der Waals surface area (Å²) in [7, 11) is 0. The molecule has 0 saturated carbocycles. The third-order valence-electron chi connectivity index (χ3n) is 2.83. The van der Waals surface area contributed by atoms with Crippen LogP contribution in [0.5, 0.6) is 0 Å². The molecule has 5 heteroatoms. The smallest absolute Gasteiger partial charge is 0.251 e. The highest BCUT2D eigenvalue weighted by Gasteiger charge is 2.17. The average molecular weight is 374 g/mol. The van der Waals surface area contributed by atoms with Crippen LogP contribution in [-0.4, -0.2) is 23.9 Å². The molecule has 0 saturated heterocycles. The number of carbonyl (C=O) groups excluding carboxylic acids is 2. The summed E-state index contributed by atoms with van der Waals surface area (Å²) in [6.07, 6.45) is 0.864. The number of carbonyl (C=O) groups is 2. The van der Waals surface area contributed by atoms with Gasteiger partial charge in [0.25, 0.3) is 5.91 Å². The molecule has 0 bridgehead atoms. The standard InChI is InChI=1S/C14H19IN2O2/c1-4-9(2)16-13(18)10(3)17-14(19)11-6-5-7-12(15)8-11/h5-10H,4H2,1-3H3,(H,16,18)(H,17,19)/t9-,10-/m0/s1. The third-order valence-corrected chi connectivity index (χ3v) is 3.50. The first-order valence-electron chi connectivity index (χ1n) is 6.30. The molecule has 1 aromatic rings. The van der Waals surface area contributed by atoms with Crippen LogP contribution in [0.2, 0.25) is 0 Å². The van der Waals surface area contributed by atoms with Crippen molar-refractivity contribution >= 4 is 34.4 Å². The second-order valence-corrected chi connectivity index (χ2v) is 5.77. The maximum Gasteiger partial charge on any atom is 0.251 e. The quantitative estimate of drug-likeness (QED) is 0.778. The average Bonchev–Trinajstić information content (AvgIpc) is 2.38. The van der Waals surface area contributed by atoms with Gasteiger partial charge in [-0.3, -0.25) is 9.59 Å². The Labute approximate surface area is 127 Å². The van der Waals surface area contributed by atoms with E-state index < -0.39 is 6.04 Å². The van der Waals surface area contributed by atoms with Crippen LogP contribution in [0.25, 0.3) is 0 Å². The lowest BCUT2D eigenvalue weighted by Gasteiger charge is -2.17. The zero-order valence-corrected chi connectivity index (χ0v) is 13.5. The van der Waals surface area contributed by atoms with Crippen molar-refractivity contribution in [2.24, 2.45) is 0 Å². The first-order valence-corrected chi connectivity index (χ1v) is 7.38. The molecule has 1 aromatic carbocycles. The van der Waals surface area contributed by atoms with Gasteiger partial charge in [-0.1, -0.05) is 13.0 Å². The van der Waals surface area contributed by atoms with Crippen molar-refractivity contribution in [3.8, 4) is 0 Å². The summed E-state index contributed by atoms with van der Waals surface area (Å²) in [4.78, 5) is 23.8. The van der Waals surface area contributed by atoms with E-state index >= 15 is 0 Å². The molecule has 4 nitrogen and oxygen atoms in total. The van der Waals surface area contributed by atoms with Gasteiger partial charge in [-0.15, -0.1) is 0 Å². The fourth-order valence-electron chi connectivity index (χ4n) is 1.45. The molecule has 2 N–H and O–H groups in total. The zero-order chi connectivity index (χ0) is 14.4. The molecular weight excluding hydrogens is 355 g/mol. The van der Waals surface area contributed by atoms with E-state index in [0.29, 0.717) is 5.56 Å². The van der Waals surface area contributed by atoms with Crippen molar-refractivity contribution in [2.45, 2.75) is 39.3 Å². The number of halogens is 1. The summed E-state index contributed by atoms with van der Waals surface area (Å²) >= 11 is 2.15. The minimum absolute atomic E-state index is 0.115. The summed E-state index contributed by atoms with van der Waals surface area (Å²) in [5.41, 5.74) is 0.565. The molecular formula is C14H19IN2O2. The van der Waals surface area contributed by atoms with E-state index in [-0.39, 0.29) is 17.9 Å². The predicted molar refractivity (Wildman–Crippen MR) is 84.0 cm³/mol. The van der Waals surface area contributed by atoms with Crippen molar-refractivity contribution in [3.63, 3.8) is 0 Å². The molecule has 0 radical (unpaired) electrons. The molecule has 2 amide bonds. The number of hydrogen-bond acceptors (Lipinski definition) is 2. The fourth-order valence-corrected chi connectivity index (χ4v) is 1.99. The number of hydrogen-bond donors (Lipinski definition) is 2. The van der Waals surface area contributed by atoms with Gasteiger partial charge in [0.1, 0.15) is 6.04 Å². The highest BCUT2D eigenvalue weighted by molar-refractivity contribution is 14.1. The van der Waals surface area contributed by atoms with Crippen LogP contribution in [0.1, 0.15) is 37.6 Å². The monoisotopic (exact) mass is 374 g/mol. The van der Waals surface area contributed by atoms with E-state index in [0.717, 1.165) is 9.99 Å². The van der Waals surface area contributed by atoms with Crippen molar-refractivity contribution < 1.29 is 9.59 Å². The Kier molecular flexibility index (Phi) is 6.27. The van der Waals surface area contributed by atoms with E-state index in [4.69, 9.17) is 0 Å². The number of amides is 2. The molecule has 0 spiro atoms. The van der Waals surface area contributed by atoms with Crippen LogP contribution in [0, 0.1) is 3.57 Å². The number of nitrogens with one attached hydrogen (secondary N) is 2. The minimum atomic E-state index is -0.542. The van der Waals surface area contributed by atoms with Gasteiger partial charge in [0.15, 0.2) is 0 Å². The Morgan fingerprint density at radius 2 is 1.95 bits per heavy atom. The van der Waals surface area contributed by atoms with Gasteiger partial charge in [0.05, 0.1) is 0 Å². The molecule has 0 aromatic heterocycles. The molecule has 0 aliphatic rings. The van der Waals surface area contributed by atoms with Crippen LogP contribution in [-0.2, 0) is 4.79 Å². The summed E-state index contributed by atoms with van der Waals surface area (Å²) in [5.74, 6) is -0.390. The third kappa shape index (κ3) is 5.18. The maximum atomic E-state index is 12.0. The molecule has 0 aliphatic heterocycles. The van der Waals surface area contributed by atoms with Crippen molar-refractivity contribution in [1.29, 1.82) is 0 Å². The normalized spacial score (nSPS) is 13.5. The lowest BCUT2D eigenvalue weighted by atomic mass is 10.2. The summed E-state index contributed by atoms with van der Waals surface area (Å²) in [6.45, 7) is 5.62. The highest BCUT2D eigenvalue weighted by Crippen LogP contribution is 2.07. The van der Waals surface area contributed by atoms with E-state index in [1.54, 1.807) is 19.1 Å². The van der Waals surface area contributed by atoms with Crippen LogP contribution in [0.4, 0.5) is 0 Å². The van der Waals surface area contributed by atoms with Crippen molar-refractivity contribution in [3.05, 3.63) is 33.4 Å². The van der Waals surface area contributed by atoms with Gasteiger partial charge in [-0.2, -0.15) is 0 Å². The van der Waals surface area contributed by atoms with Crippen LogP contribution in [0.3, 0.4) is 0 Å². The Hall–Kier alpha value is -1.11. The molecule has 0 aliphatic carbocycles. The lowest BCUT2D eigenvalue weighted by Crippen LogP contribution is -2.47. The van der Waals surface area contributed by atoms with Crippen LogP contribution >= 0.6 is 22.6 Å². The second-order valence-electron chi connectivity index (χ2n) is 4.52. The van der Waals surface area contributed by atoms with E-state index in [1.807, 2.05) is 26.0 Å². The molecule has 104 valence electrons. The zero-order valence-electron chi connectivity index (χ0n) is 11.4. The Morgan fingerprint density at radius 1 is 1.26 bits per heavy atom. The van der Waals surface area contributed by atoms with Crippen molar-refractivity contribution in [2.75, 3.05) is 0 Å².